The minimum absolute atomic E-state index is 0.185. The minimum atomic E-state index is -0.448. The van der Waals surface area contributed by atoms with Crippen molar-refractivity contribution in [2.45, 2.75) is 12.5 Å². The summed E-state index contributed by atoms with van der Waals surface area (Å²) < 4.78 is 4.65. The summed E-state index contributed by atoms with van der Waals surface area (Å²) in [5.74, 6) is -0.832. The van der Waals surface area contributed by atoms with E-state index in [1.54, 1.807) is 24.3 Å². The topological polar surface area (TPSA) is 70.2 Å². The number of piperazine rings is 1. The highest BCUT2D eigenvalue weighted by molar-refractivity contribution is 6.22. The molecular weight excluding hydrogens is 310 g/mol. The van der Waals surface area contributed by atoms with Gasteiger partial charge in [-0.25, -0.2) is 9.69 Å². The Hall–Kier alpha value is -2.25. The molecule has 3 rings (SSSR count). The minimum Gasteiger partial charge on any atom is -0.465 e. The number of imide groups is 1. The highest BCUT2D eigenvalue weighted by Gasteiger charge is 2.43. The number of anilines is 1. The average molecular weight is 331 g/mol. The molecule has 0 saturated carbocycles. The maximum Gasteiger partial charge on any atom is 0.337 e. The first kappa shape index (κ1) is 16.6. The van der Waals surface area contributed by atoms with E-state index >= 15 is 0 Å². The van der Waals surface area contributed by atoms with Crippen LogP contribution in [0.1, 0.15) is 16.8 Å². The summed E-state index contributed by atoms with van der Waals surface area (Å²) in [5, 5.41) is 0. The number of likely N-dealkylation sites (N-methyl/N-ethyl adjacent to an activating group) is 1. The Kier molecular flexibility index (Phi) is 4.64. The molecule has 128 valence electrons. The fourth-order valence-electron chi connectivity index (χ4n) is 3.17. The molecule has 1 aromatic rings. The van der Waals surface area contributed by atoms with Crippen LogP contribution in [0.4, 0.5) is 5.69 Å². The van der Waals surface area contributed by atoms with Crippen LogP contribution in [-0.4, -0.2) is 74.0 Å². The summed E-state index contributed by atoms with van der Waals surface area (Å²) >= 11 is 0. The number of benzene rings is 1. The molecule has 7 heteroatoms. The summed E-state index contributed by atoms with van der Waals surface area (Å²) in [5.41, 5.74) is 0.880. The largest absolute Gasteiger partial charge is 0.465 e. The van der Waals surface area contributed by atoms with E-state index in [2.05, 4.69) is 14.5 Å². The molecule has 0 N–H and O–H groups in total. The Balaban J connectivity index is 1.75. The third-order valence-electron chi connectivity index (χ3n) is 4.65. The van der Waals surface area contributed by atoms with Crippen LogP contribution in [-0.2, 0) is 14.3 Å². The van der Waals surface area contributed by atoms with Gasteiger partial charge in [0.05, 0.1) is 30.8 Å². The Labute approximate surface area is 140 Å². The molecule has 2 amide bonds. The normalized spacial score (nSPS) is 22.9. The van der Waals surface area contributed by atoms with Crippen molar-refractivity contribution in [2.75, 3.05) is 45.2 Å². The number of methoxy groups -OCH3 is 1. The van der Waals surface area contributed by atoms with E-state index in [1.165, 1.54) is 12.0 Å². The van der Waals surface area contributed by atoms with Gasteiger partial charge in [0, 0.05) is 26.2 Å². The summed E-state index contributed by atoms with van der Waals surface area (Å²) in [4.78, 5) is 42.1. The van der Waals surface area contributed by atoms with Crippen LogP contribution in [0.5, 0.6) is 0 Å². The summed E-state index contributed by atoms with van der Waals surface area (Å²) in [6.45, 7) is 3.36. The van der Waals surface area contributed by atoms with E-state index in [9.17, 15) is 14.4 Å². The number of hydrogen-bond acceptors (Lipinski definition) is 6. The lowest BCUT2D eigenvalue weighted by molar-refractivity contribution is -0.123. The Morgan fingerprint density at radius 2 is 1.71 bits per heavy atom. The predicted octanol–water partition coefficient (Wildman–Crippen LogP) is 0.353. The Bertz CT molecular complexity index is 650. The van der Waals surface area contributed by atoms with Crippen molar-refractivity contribution in [1.82, 2.24) is 9.80 Å². The van der Waals surface area contributed by atoms with Crippen molar-refractivity contribution in [3.63, 3.8) is 0 Å². The van der Waals surface area contributed by atoms with Gasteiger partial charge in [0.15, 0.2) is 0 Å². The van der Waals surface area contributed by atoms with Crippen molar-refractivity contribution in [3.05, 3.63) is 29.8 Å². The lowest BCUT2D eigenvalue weighted by Gasteiger charge is -2.35. The van der Waals surface area contributed by atoms with Gasteiger partial charge in [-0.05, 0) is 31.3 Å². The van der Waals surface area contributed by atoms with Gasteiger partial charge in [-0.3, -0.25) is 14.5 Å². The Morgan fingerprint density at radius 3 is 2.29 bits per heavy atom. The highest BCUT2D eigenvalue weighted by Crippen LogP contribution is 2.26. The monoisotopic (exact) mass is 331 g/mol. The SMILES string of the molecule is COC(=O)c1ccc(N2C(=O)C[C@H](N3CCN(C)CC3)C2=O)cc1. The molecule has 2 aliphatic heterocycles. The van der Waals surface area contributed by atoms with E-state index in [-0.39, 0.29) is 24.3 Å². The van der Waals surface area contributed by atoms with E-state index < -0.39 is 5.97 Å². The quantitative estimate of drug-likeness (QED) is 0.588. The molecule has 0 spiro atoms. The van der Waals surface area contributed by atoms with Crippen molar-refractivity contribution in [2.24, 2.45) is 0 Å². The molecule has 2 heterocycles. The zero-order chi connectivity index (χ0) is 17.3. The molecule has 1 atom stereocenters. The molecule has 2 fully saturated rings. The maximum atomic E-state index is 12.7. The van der Waals surface area contributed by atoms with Crippen molar-refractivity contribution < 1.29 is 19.1 Å². The van der Waals surface area contributed by atoms with Gasteiger partial charge >= 0.3 is 5.97 Å². The van der Waals surface area contributed by atoms with Crippen LogP contribution in [0.3, 0.4) is 0 Å². The maximum absolute atomic E-state index is 12.7. The van der Waals surface area contributed by atoms with E-state index in [1.807, 2.05) is 7.05 Å². The molecule has 0 aliphatic carbocycles. The molecule has 1 aromatic carbocycles. The van der Waals surface area contributed by atoms with Crippen molar-refractivity contribution in [1.29, 1.82) is 0 Å². The Morgan fingerprint density at radius 1 is 1.08 bits per heavy atom. The lowest BCUT2D eigenvalue weighted by Crippen LogP contribution is -2.51. The third-order valence-corrected chi connectivity index (χ3v) is 4.65. The molecule has 0 radical (unpaired) electrons. The first-order chi connectivity index (χ1) is 11.5. The fraction of sp³-hybridized carbons (Fsp3) is 0.471. The fourth-order valence-corrected chi connectivity index (χ4v) is 3.17. The zero-order valence-corrected chi connectivity index (χ0v) is 13.9. The van der Waals surface area contributed by atoms with Crippen LogP contribution in [0.2, 0.25) is 0 Å². The number of carbonyl (C=O) groups is 3. The van der Waals surface area contributed by atoms with Crippen LogP contribution in [0.15, 0.2) is 24.3 Å². The zero-order valence-electron chi connectivity index (χ0n) is 13.9. The first-order valence-electron chi connectivity index (χ1n) is 7.99. The van der Waals surface area contributed by atoms with Gasteiger partial charge in [0.2, 0.25) is 5.91 Å². The van der Waals surface area contributed by atoms with Gasteiger partial charge in [-0.2, -0.15) is 0 Å². The predicted molar refractivity (Wildman–Crippen MR) is 87.7 cm³/mol. The van der Waals surface area contributed by atoms with Crippen molar-refractivity contribution in [3.8, 4) is 0 Å². The molecular formula is C17H21N3O4. The molecule has 7 nitrogen and oxygen atoms in total. The number of ether oxygens (including phenoxy) is 1. The molecule has 24 heavy (non-hydrogen) atoms. The van der Waals surface area contributed by atoms with E-state index in [0.717, 1.165) is 26.2 Å². The number of nitrogens with zero attached hydrogens (tertiary/aromatic N) is 3. The smallest absolute Gasteiger partial charge is 0.337 e. The number of carbonyl (C=O) groups excluding carboxylic acids is 3. The van der Waals surface area contributed by atoms with Crippen LogP contribution in [0.25, 0.3) is 0 Å². The highest BCUT2D eigenvalue weighted by atomic mass is 16.5. The van der Waals surface area contributed by atoms with Gasteiger partial charge in [-0.15, -0.1) is 0 Å². The van der Waals surface area contributed by atoms with Gasteiger partial charge in [0.25, 0.3) is 5.91 Å². The number of hydrogen-bond donors (Lipinski definition) is 0. The summed E-state index contributed by atoms with van der Waals surface area (Å²) in [7, 11) is 3.36. The molecule has 2 aliphatic rings. The number of rotatable bonds is 3. The standard InChI is InChI=1S/C17H21N3O4/c1-18-7-9-19(10-8-18)14-11-15(21)20(16(14)22)13-5-3-12(4-6-13)17(23)24-2/h3-6,14H,7-11H2,1-2H3/t14-/m0/s1. The second kappa shape index (κ2) is 6.70. The lowest BCUT2D eigenvalue weighted by atomic mass is 10.1. The van der Waals surface area contributed by atoms with Gasteiger partial charge in [0.1, 0.15) is 0 Å². The van der Waals surface area contributed by atoms with Crippen LogP contribution >= 0.6 is 0 Å². The average Bonchev–Trinajstić information content (AvgIpc) is 2.89. The number of amides is 2. The van der Waals surface area contributed by atoms with E-state index in [0.29, 0.717) is 11.3 Å². The first-order valence-corrected chi connectivity index (χ1v) is 7.99. The van der Waals surface area contributed by atoms with Crippen molar-refractivity contribution >= 4 is 23.5 Å². The summed E-state index contributed by atoms with van der Waals surface area (Å²) in [6, 6.07) is 5.95. The van der Waals surface area contributed by atoms with E-state index in [4.69, 9.17) is 0 Å². The molecule has 0 bridgehead atoms. The molecule has 0 aromatic heterocycles. The third kappa shape index (κ3) is 3.05. The number of esters is 1. The second-order valence-electron chi connectivity index (χ2n) is 6.17. The van der Waals surface area contributed by atoms with Crippen LogP contribution in [0, 0.1) is 0 Å². The van der Waals surface area contributed by atoms with Gasteiger partial charge < -0.3 is 9.64 Å². The summed E-state index contributed by atoms with van der Waals surface area (Å²) in [6.07, 6.45) is 0.210. The molecule has 0 unspecified atom stereocenters. The molecule has 2 saturated heterocycles. The second-order valence-corrected chi connectivity index (χ2v) is 6.17. The van der Waals surface area contributed by atoms with Crippen LogP contribution < -0.4 is 4.90 Å². The van der Waals surface area contributed by atoms with Gasteiger partial charge in [-0.1, -0.05) is 0 Å².